The molecule has 1 atom stereocenters. The summed E-state index contributed by atoms with van der Waals surface area (Å²) < 4.78 is 30.7. The normalized spacial score (nSPS) is 18.8. The standard InChI is InChI=1S/C13H22N2O3S/c1-10(11-5-3-4-6-11)15-9-12-7-8-13(18-12)19(16,17)14-2/h7-8,10-11,14-15H,3-6,9H2,1-2H3. The predicted octanol–water partition coefficient (Wildman–Crippen LogP) is 1.86. The lowest BCUT2D eigenvalue weighted by atomic mass is 10.00. The van der Waals surface area contributed by atoms with Crippen LogP contribution in [0.2, 0.25) is 0 Å². The fraction of sp³-hybridized carbons (Fsp3) is 0.692. The molecule has 0 saturated heterocycles. The fourth-order valence-electron chi connectivity index (χ4n) is 2.58. The molecule has 1 fully saturated rings. The second kappa shape index (κ2) is 6.07. The molecule has 0 aliphatic heterocycles. The lowest BCUT2D eigenvalue weighted by Gasteiger charge is -2.19. The predicted molar refractivity (Wildman–Crippen MR) is 73.2 cm³/mol. The number of nitrogens with one attached hydrogen (secondary N) is 2. The van der Waals surface area contributed by atoms with Crippen molar-refractivity contribution in [3.63, 3.8) is 0 Å². The minimum Gasteiger partial charge on any atom is -0.447 e. The van der Waals surface area contributed by atoms with Gasteiger partial charge in [-0.3, -0.25) is 0 Å². The van der Waals surface area contributed by atoms with E-state index in [1.54, 1.807) is 6.07 Å². The maximum atomic E-state index is 11.5. The molecule has 0 spiro atoms. The van der Waals surface area contributed by atoms with Crippen molar-refractivity contribution in [2.75, 3.05) is 7.05 Å². The van der Waals surface area contributed by atoms with Crippen molar-refractivity contribution in [1.29, 1.82) is 0 Å². The van der Waals surface area contributed by atoms with Gasteiger partial charge in [0.1, 0.15) is 5.76 Å². The molecule has 5 nitrogen and oxygen atoms in total. The first-order valence-corrected chi connectivity index (χ1v) is 8.27. The smallest absolute Gasteiger partial charge is 0.273 e. The van der Waals surface area contributed by atoms with Crippen LogP contribution < -0.4 is 10.0 Å². The van der Waals surface area contributed by atoms with Crippen molar-refractivity contribution in [2.45, 2.75) is 50.3 Å². The highest BCUT2D eigenvalue weighted by molar-refractivity contribution is 7.89. The van der Waals surface area contributed by atoms with Crippen LogP contribution in [0.5, 0.6) is 0 Å². The summed E-state index contributed by atoms with van der Waals surface area (Å²) in [5, 5.41) is 3.39. The van der Waals surface area contributed by atoms with E-state index in [4.69, 9.17) is 4.42 Å². The highest BCUT2D eigenvalue weighted by Crippen LogP contribution is 2.27. The van der Waals surface area contributed by atoms with Crippen molar-refractivity contribution in [2.24, 2.45) is 5.92 Å². The van der Waals surface area contributed by atoms with E-state index >= 15 is 0 Å². The third kappa shape index (κ3) is 3.58. The van der Waals surface area contributed by atoms with Gasteiger partial charge in [-0.05, 0) is 44.9 Å². The van der Waals surface area contributed by atoms with Crippen LogP contribution >= 0.6 is 0 Å². The van der Waals surface area contributed by atoms with Gasteiger partial charge in [0.2, 0.25) is 5.09 Å². The maximum absolute atomic E-state index is 11.5. The summed E-state index contributed by atoms with van der Waals surface area (Å²) in [5.41, 5.74) is 0. The number of hydrogen-bond donors (Lipinski definition) is 2. The molecule has 19 heavy (non-hydrogen) atoms. The van der Waals surface area contributed by atoms with Gasteiger partial charge < -0.3 is 9.73 Å². The van der Waals surface area contributed by atoms with E-state index in [0.717, 1.165) is 5.92 Å². The Morgan fingerprint density at radius 2 is 2.05 bits per heavy atom. The molecule has 0 amide bonds. The Morgan fingerprint density at radius 1 is 1.37 bits per heavy atom. The Balaban J connectivity index is 1.90. The Bertz CT molecular complexity index is 504. The molecule has 108 valence electrons. The van der Waals surface area contributed by atoms with Crippen LogP contribution in [0.25, 0.3) is 0 Å². The molecule has 2 N–H and O–H groups in total. The van der Waals surface area contributed by atoms with Gasteiger partial charge in [-0.2, -0.15) is 0 Å². The third-order valence-electron chi connectivity index (χ3n) is 3.88. The quantitative estimate of drug-likeness (QED) is 0.837. The monoisotopic (exact) mass is 286 g/mol. The lowest BCUT2D eigenvalue weighted by Crippen LogP contribution is -2.31. The summed E-state index contributed by atoms with van der Waals surface area (Å²) in [5.74, 6) is 1.38. The van der Waals surface area contributed by atoms with E-state index in [-0.39, 0.29) is 5.09 Å². The van der Waals surface area contributed by atoms with Crippen molar-refractivity contribution in [3.8, 4) is 0 Å². The molecule has 2 rings (SSSR count). The second-order valence-electron chi connectivity index (χ2n) is 5.14. The average molecular weight is 286 g/mol. The average Bonchev–Trinajstić information content (AvgIpc) is 3.07. The van der Waals surface area contributed by atoms with Crippen molar-refractivity contribution in [3.05, 3.63) is 17.9 Å². The summed E-state index contributed by atoms with van der Waals surface area (Å²) in [4.78, 5) is 0. The third-order valence-corrected chi connectivity index (χ3v) is 5.16. The van der Waals surface area contributed by atoms with Crippen molar-refractivity contribution >= 4 is 10.0 Å². The molecule has 6 heteroatoms. The van der Waals surface area contributed by atoms with Crippen LogP contribution in [-0.4, -0.2) is 21.5 Å². The van der Waals surface area contributed by atoms with E-state index < -0.39 is 10.0 Å². The summed E-state index contributed by atoms with van der Waals surface area (Å²) in [7, 11) is -2.10. The molecule has 1 aromatic heterocycles. The molecule has 1 unspecified atom stereocenters. The van der Waals surface area contributed by atoms with Gasteiger partial charge in [-0.15, -0.1) is 0 Å². The molecule has 1 aliphatic rings. The topological polar surface area (TPSA) is 71.3 Å². The van der Waals surface area contributed by atoms with Crippen LogP contribution in [0.4, 0.5) is 0 Å². The van der Waals surface area contributed by atoms with Crippen LogP contribution in [0.15, 0.2) is 21.6 Å². The van der Waals surface area contributed by atoms with Crippen molar-refractivity contribution < 1.29 is 12.8 Å². The highest BCUT2D eigenvalue weighted by Gasteiger charge is 2.21. The molecule has 0 aromatic carbocycles. The minimum absolute atomic E-state index is 0.0275. The SMILES string of the molecule is CNS(=O)(=O)c1ccc(CNC(C)C2CCCC2)o1. The molecular weight excluding hydrogens is 264 g/mol. The van der Waals surface area contributed by atoms with E-state index in [2.05, 4.69) is 17.0 Å². The van der Waals surface area contributed by atoms with Gasteiger partial charge in [0.25, 0.3) is 10.0 Å². The zero-order valence-electron chi connectivity index (χ0n) is 11.5. The van der Waals surface area contributed by atoms with Gasteiger partial charge in [-0.1, -0.05) is 12.8 Å². The van der Waals surface area contributed by atoms with E-state index in [1.807, 2.05) is 0 Å². The zero-order valence-corrected chi connectivity index (χ0v) is 12.3. The first kappa shape index (κ1) is 14.6. The maximum Gasteiger partial charge on any atom is 0.273 e. The summed E-state index contributed by atoms with van der Waals surface area (Å²) in [6, 6.07) is 3.64. The van der Waals surface area contributed by atoms with Gasteiger partial charge >= 0.3 is 0 Å². The zero-order chi connectivity index (χ0) is 13.9. The fourth-order valence-corrected chi connectivity index (χ4v) is 3.25. The van der Waals surface area contributed by atoms with E-state index in [0.29, 0.717) is 18.3 Å². The first-order valence-electron chi connectivity index (χ1n) is 6.78. The van der Waals surface area contributed by atoms with E-state index in [1.165, 1.54) is 38.8 Å². The van der Waals surface area contributed by atoms with E-state index in [9.17, 15) is 8.42 Å². The molecule has 0 bridgehead atoms. The largest absolute Gasteiger partial charge is 0.447 e. The molecule has 1 aromatic rings. The van der Waals surface area contributed by atoms with Crippen molar-refractivity contribution in [1.82, 2.24) is 10.0 Å². The lowest BCUT2D eigenvalue weighted by molar-refractivity contribution is 0.346. The molecular formula is C13H22N2O3S. The minimum atomic E-state index is -3.48. The highest BCUT2D eigenvalue weighted by atomic mass is 32.2. The van der Waals surface area contributed by atoms with Crippen LogP contribution in [0, 0.1) is 5.92 Å². The van der Waals surface area contributed by atoms with Gasteiger partial charge in [0, 0.05) is 6.04 Å². The second-order valence-corrected chi connectivity index (χ2v) is 6.96. The van der Waals surface area contributed by atoms with Gasteiger partial charge in [0.05, 0.1) is 6.54 Å². The Hall–Kier alpha value is -0.850. The Morgan fingerprint density at radius 3 is 2.68 bits per heavy atom. The first-order chi connectivity index (χ1) is 9.03. The summed E-state index contributed by atoms with van der Waals surface area (Å²) >= 11 is 0. The molecule has 1 aliphatic carbocycles. The summed E-state index contributed by atoms with van der Waals surface area (Å²) in [6.07, 6.45) is 5.21. The van der Waals surface area contributed by atoms with Gasteiger partial charge in [-0.25, -0.2) is 13.1 Å². The van der Waals surface area contributed by atoms with Crippen LogP contribution in [0.1, 0.15) is 38.4 Å². The van der Waals surface area contributed by atoms with Crippen LogP contribution in [-0.2, 0) is 16.6 Å². The number of hydrogen-bond acceptors (Lipinski definition) is 4. The molecule has 0 radical (unpaired) electrons. The number of furan rings is 1. The Labute approximate surface area is 114 Å². The number of rotatable bonds is 6. The number of sulfonamides is 1. The summed E-state index contributed by atoms with van der Waals surface area (Å²) in [6.45, 7) is 2.75. The van der Waals surface area contributed by atoms with Crippen LogP contribution in [0.3, 0.4) is 0 Å². The van der Waals surface area contributed by atoms with Gasteiger partial charge in [0.15, 0.2) is 0 Å². The Kier molecular flexibility index (Phi) is 4.65. The molecule has 1 heterocycles. The molecule has 1 saturated carbocycles.